The minimum Gasteiger partial charge on any atom is -0.345 e. The van der Waals surface area contributed by atoms with Gasteiger partial charge in [0.25, 0.3) is 6.71 Å². The number of hydrogen-bond donors (Lipinski definition) is 0. The molecule has 0 spiro atoms. The van der Waals surface area contributed by atoms with Crippen LogP contribution in [0.25, 0.3) is 27.7 Å². The van der Waals surface area contributed by atoms with E-state index in [4.69, 9.17) is 0 Å². The van der Waals surface area contributed by atoms with Crippen LogP contribution in [0.2, 0.25) is 0 Å². The first kappa shape index (κ1) is 19.5. The van der Waals surface area contributed by atoms with Crippen molar-refractivity contribution >= 4 is 45.4 Å². The molecular formula is C33H27BN2. The lowest BCUT2D eigenvalue weighted by Crippen LogP contribution is -2.60. The zero-order valence-corrected chi connectivity index (χ0v) is 21.0. The van der Waals surface area contributed by atoms with Gasteiger partial charge in [-0.05, 0) is 101 Å². The van der Waals surface area contributed by atoms with E-state index in [-0.39, 0.29) is 6.71 Å². The Hall–Kier alpha value is -3.72. The van der Waals surface area contributed by atoms with Gasteiger partial charge in [0, 0.05) is 40.7 Å². The zero-order chi connectivity index (χ0) is 23.9. The molecule has 0 radical (unpaired) electrons. The minimum absolute atomic E-state index is 0.254. The number of aryl methyl sites for hydroxylation is 1. The van der Waals surface area contributed by atoms with E-state index in [1.54, 1.807) is 11.1 Å². The van der Waals surface area contributed by atoms with E-state index in [2.05, 4.69) is 103 Å². The van der Waals surface area contributed by atoms with E-state index in [9.17, 15) is 0 Å². The van der Waals surface area contributed by atoms with Gasteiger partial charge in [0.2, 0.25) is 0 Å². The maximum absolute atomic E-state index is 2.58. The quantitative estimate of drug-likeness (QED) is 0.259. The molecule has 2 nitrogen and oxygen atoms in total. The van der Waals surface area contributed by atoms with Gasteiger partial charge >= 0.3 is 0 Å². The first-order chi connectivity index (χ1) is 17.6. The van der Waals surface area contributed by atoms with Crippen LogP contribution in [0, 0.1) is 13.8 Å². The van der Waals surface area contributed by atoms with Crippen molar-refractivity contribution in [1.29, 1.82) is 0 Å². The number of aromatic nitrogens is 1. The fourth-order valence-corrected chi connectivity index (χ4v) is 8.10. The molecule has 1 saturated carbocycles. The highest BCUT2D eigenvalue weighted by atomic mass is 15.1. The van der Waals surface area contributed by atoms with E-state index in [1.807, 2.05) is 0 Å². The third kappa shape index (κ3) is 2.06. The predicted molar refractivity (Wildman–Crippen MR) is 152 cm³/mol. The van der Waals surface area contributed by atoms with Crippen LogP contribution in [-0.4, -0.2) is 18.3 Å². The summed E-state index contributed by atoms with van der Waals surface area (Å²) in [6.07, 6.45) is 2.63. The number of hydrogen-bond acceptors (Lipinski definition) is 1. The fraction of sp³-hybridized carbons (Fsp3) is 0.212. The molecule has 1 aromatic heterocycles. The summed E-state index contributed by atoms with van der Waals surface area (Å²) >= 11 is 0. The monoisotopic (exact) mass is 462 g/mol. The van der Waals surface area contributed by atoms with Gasteiger partial charge in [0.15, 0.2) is 0 Å². The SMILES string of the molecule is Cc1c(C)n2c3c(cccc13)B1c3cc4c(cc3N(C)c3cccc-2c31)C1CCC1c1ccccc1-4. The Morgan fingerprint density at radius 3 is 2.36 bits per heavy atom. The molecule has 0 N–H and O–H groups in total. The Kier molecular flexibility index (Phi) is 3.43. The Labute approximate surface area is 212 Å². The number of nitrogens with zero attached hydrogens (tertiary/aromatic N) is 2. The molecule has 0 amide bonds. The smallest absolute Gasteiger partial charge is 0.252 e. The second kappa shape index (κ2) is 6.34. The van der Waals surface area contributed by atoms with Crippen molar-refractivity contribution in [3.8, 4) is 16.8 Å². The summed E-state index contributed by atoms with van der Waals surface area (Å²) < 4.78 is 2.53. The van der Waals surface area contributed by atoms with E-state index < -0.39 is 0 Å². The summed E-state index contributed by atoms with van der Waals surface area (Å²) in [6, 6.07) is 28.2. The lowest BCUT2D eigenvalue weighted by atomic mass is 9.33. The van der Waals surface area contributed by atoms with Crippen molar-refractivity contribution in [2.24, 2.45) is 0 Å². The molecule has 0 saturated heterocycles. The standard InChI is InChI=1S/C33H27BN2/c1-18-19(2)36-30-13-7-12-29-32(30)34(27-11-6-10-20(18)33(27)36)28-16-25-22-9-5-4-8-21(22)23-14-15-24(23)26(25)17-31(28)35(29)3/h4-13,16-17,23-24H,14-15H2,1-3H3. The van der Waals surface area contributed by atoms with Gasteiger partial charge in [-0.15, -0.1) is 0 Å². The van der Waals surface area contributed by atoms with Crippen LogP contribution >= 0.6 is 0 Å². The molecule has 2 unspecified atom stereocenters. The molecule has 2 aliphatic carbocycles. The molecule has 3 heterocycles. The van der Waals surface area contributed by atoms with Gasteiger partial charge in [-0.2, -0.15) is 0 Å². The summed E-state index contributed by atoms with van der Waals surface area (Å²) in [4.78, 5) is 2.47. The number of para-hydroxylation sites is 1. The molecule has 9 rings (SSSR count). The van der Waals surface area contributed by atoms with Crippen molar-refractivity contribution in [2.75, 3.05) is 11.9 Å². The maximum Gasteiger partial charge on any atom is 0.252 e. The lowest BCUT2D eigenvalue weighted by Gasteiger charge is -2.45. The minimum atomic E-state index is 0.254. The first-order valence-electron chi connectivity index (χ1n) is 13.4. The number of anilines is 2. The van der Waals surface area contributed by atoms with E-state index in [0.29, 0.717) is 11.8 Å². The lowest BCUT2D eigenvalue weighted by molar-refractivity contribution is 0.343. The third-order valence-electron chi connectivity index (χ3n) is 10.0. The number of rotatable bonds is 0. The normalized spacial score (nSPS) is 19.8. The highest BCUT2D eigenvalue weighted by Gasteiger charge is 2.44. The van der Waals surface area contributed by atoms with Gasteiger partial charge in [0.05, 0.1) is 0 Å². The Balaban J connectivity index is 1.41. The van der Waals surface area contributed by atoms with Crippen LogP contribution in [-0.2, 0) is 0 Å². The number of benzene rings is 4. The van der Waals surface area contributed by atoms with Crippen LogP contribution in [0.3, 0.4) is 0 Å². The summed E-state index contributed by atoms with van der Waals surface area (Å²) in [5.74, 6) is 1.36. The van der Waals surface area contributed by atoms with Gasteiger partial charge in [-0.1, -0.05) is 54.6 Å². The highest BCUT2D eigenvalue weighted by molar-refractivity contribution is 7.00. The average molecular weight is 462 g/mol. The molecule has 3 heteroatoms. The molecule has 2 aliphatic heterocycles. The van der Waals surface area contributed by atoms with Crippen LogP contribution in [0.15, 0.2) is 72.8 Å². The molecule has 4 aromatic carbocycles. The molecular weight excluding hydrogens is 435 g/mol. The summed E-state index contributed by atoms with van der Waals surface area (Å²) in [7, 11) is 2.27. The fourth-order valence-electron chi connectivity index (χ4n) is 8.10. The van der Waals surface area contributed by atoms with Gasteiger partial charge in [-0.3, -0.25) is 0 Å². The molecule has 36 heavy (non-hydrogen) atoms. The molecule has 4 aliphatic rings. The van der Waals surface area contributed by atoms with Gasteiger partial charge in [-0.25, -0.2) is 0 Å². The highest BCUT2D eigenvalue weighted by Crippen LogP contribution is 2.57. The van der Waals surface area contributed by atoms with Crippen molar-refractivity contribution in [3.63, 3.8) is 0 Å². The average Bonchev–Trinajstić information content (AvgIpc) is 3.14. The van der Waals surface area contributed by atoms with Crippen molar-refractivity contribution in [2.45, 2.75) is 38.5 Å². The van der Waals surface area contributed by atoms with Gasteiger partial charge < -0.3 is 9.47 Å². The predicted octanol–water partition coefficient (Wildman–Crippen LogP) is 5.80. The molecule has 5 aromatic rings. The second-order valence-electron chi connectivity index (χ2n) is 11.4. The summed E-state index contributed by atoms with van der Waals surface area (Å²) in [6.45, 7) is 4.81. The van der Waals surface area contributed by atoms with E-state index in [1.165, 1.54) is 79.6 Å². The Morgan fingerprint density at radius 1 is 0.722 bits per heavy atom. The molecule has 0 bridgehead atoms. The zero-order valence-electron chi connectivity index (χ0n) is 21.0. The summed E-state index contributed by atoms with van der Waals surface area (Å²) in [5.41, 5.74) is 18.7. The van der Waals surface area contributed by atoms with Crippen LogP contribution in [0.4, 0.5) is 11.4 Å². The largest absolute Gasteiger partial charge is 0.345 e. The third-order valence-corrected chi connectivity index (χ3v) is 10.0. The second-order valence-corrected chi connectivity index (χ2v) is 11.4. The first-order valence-corrected chi connectivity index (χ1v) is 13.4. The van der Waals surface area contributed by atoms with Crippen molar-refractivity contribution < 1.29 is 0 Å². The Bertz CT molecular complexity index is 1810. The number of fused-ring (bicyclic) bond motifs is 10. The van der Waals surface area contributed by atoms with E-state index >= 15 is 0 Å². The van der Waals surface area contributed by atoms with Crippen molar-refractivity contribution in [1.82, 2.24) is 4.57 Å². The molecule has 172 valence electrons. The van der Waals surface area contributed by atoms with E-state index in [0.717, 1.165) is 0 Å². The van der Waals surface area contributed by atoms with Crippen LogP contribution < -0.4 is 21.3 Å². The van der Waals surface area contributed by atoms with Gasteiger partial charge in [0.1, 0.15) is 0 Å². The molecule has 1 fully saturated rings. The Morgan fingerprint density at radius 2 is 1.50 bits per heavy atom. The maximum atomic E-state index is 2.58. The van der Waals surface area contributed by atoms with Crippen LogP contribution in [0.5, 0.6) is 0 Å². The summed E-state index contributed by atoms with van der Waals surface area (Å²) in [5, 5.41) is 1.39. The van der Waals surface area contributed by atoms with Crippen molar-refractivity contribution in [3.05, 3.63) is 95.2 Å². The molecule has 2 atom stereocenters. The topological polar surface area (TPSA) is 8.17 Å². The van der Waals surface area contributed by atoms with Crippen LogP contribution in [0.1, 0.15) is 47.1 Å².